The number of aryl methyl sites for hydroxylation is 1. The minimum Gasteiger partial charge on any atom is -0.481 e. The fraction of sp³-hybridized carbons (Fsp3) is 0.167. The average molecular weight is 301 g/mol. The molecule has 0 fully saturated rings. The molecule has 0 unspecified atom stereocenters. The highest BCUT2D eigenvalue weighted by molar-refractivity contribution is 7.99. The maximum absolute atomic E-state index is 14.0. The number of carboxylic acids is 1. The summed E-state index contributed by atoms with van der Waals surface area (Å²) in [4.78, 5) is 14.7. The van der Waals surface area contributed by atoms with E-state index in [1.165, 1.54) is 6.07 Å². The molecule has 100 valence electrons. The van der Waals surface area contributed by atoms with Gasteiger partial charge in [0.1, 0.15) is 0 Å². The standard InChI is InChI=1S/C12H10ClFN2O2S/c1-7-5-15-12(19-6-10(17)18)16(7)9-4-2-3-8(13)11(9)14/h2-5H,6H2,1H3,(H,17,18). The molecule has 0 atom stereocenters. The lowest BCUT2D eigenvalue weighted by atomic mass is 10.3. The number of nitrogens with zero attached hydrogens (tertiary/aromatic N) is 2. The molecule has 1 aromatic carbocycles. The molecule has 1 N–H and O–H groups in total. The Morgan fingerprint density at radius 2 is 2.32 bits per heavy atom. The zero-order valence-electron chi connectivity index (χ0n) is 9.93. The van der Waals surface area contributed by atoms with Gasteiger partial charge in [-0.15, -0.1) is 0 Å². The van der Waals surface area contributed by atoms with E-state index in [1.54, 1.807) is 29.8 Å². The fourth-order valence-electron chi connectivity index (χ4n) is 1.60. The van der Waals surface area contributed by atoms with E-state index >= 15 is 0 Å². The molecule has 0 radical (unpaired) electrons. The third-order valence-corrected chi connectivity index (χ3v) is 3.63. The van der Waals surface area contributed by atoms with Gasteiger partial charge >= 0.3 is 5.97 Å². The molecule has 19 heavy (non-hydrogen) atoms. The van der Waals surface area contributed by atoms with Gasteiger partial charge in [0.2, 0.25) is 0 Å². The van der Waals surface area contributed by atoms with Gasteiger partial charge in [-0.25, -0.2) is 9.37 Å². The molecule has 4 nitrogen and oxygen atoms in total. The first-order chi connectivity index (χ1) is 9.00. The van der Waals surface area contributed by atoms with Crippen molar-refractivity contribution in [2.45, 2.75) is 12.1 Å². The molecule has 0 spiro atoms. The van der Waals surface area contributed by atoms with E-state index in [0.717, 1.165) is 11.8 Å². The first kappa shape index (κ1) is 13.9. The molecule has 2 rings (SSSR count). The molecule has 2 aromatic rings. The Kier molecular flexibility index (Phi) is 4.11. The number of aromatic nitrogens is 2. The summed E-state index contributed by atoms with van der Waals surface area (Å²) in [6.07, 6.45) is 1.56. The van der Waals surface area contributed by atoms with E-state index in [2.05, 4.69) is 4.98 Å². The van der Waals surface area contributed by atoms with E-state index in [-0.39, 0.29) is 16.5 Å². The van der Waals surface area contributed by atoms with Crippen molar-refractivity contribution < 1.29 is 14.3 Å². The van der Waals surface area contributed by atoms with Crippen molar-refractivity contribution in [1.29, 1.82) is 0 Å². The first-order valence-electron chi connectivity index (χ1n) is 5.34. The molecule has 1 heterocycles. The number of carboxylic acid groups (broad SMARTS) is 1. The van der Waals surface area contributed by atoms with Gasteiger partial charge in [0.15, 0.2) is 11.0 Å². The fourth-order valence-corrected chi connectivity index (χ4v) is 2.52. The number of hydrogen-bond donors (Lipinski definition) is 1. The Morgan fingerprint density at radius 3 is 3.00 bits per heavy atom. The van der Waals surface area contributed by atoms with Gasteiger partial charge < -0.3 is 5.11 Å². The third-order valence-electron chi connectivity index (χ3n) is 2.40. The van der Waals surface area contributed by atoms with E-state index in [0.29, 0.717) is 10.9 Å². The zero-order chi connectivity index (χ0) is 14.0. The molecule has 1 aromatic heterocycles. The van der Waals surface area contributed by atoms with Crippen LogP contribution in [-0.2, 0) is 4.79 Å². The van der Waals surface area contributed by atoms with Gasteiger partial charge in [0, 0.05) is 11.9 Å². The monoisotopic (exact) mass is 300 g/mol. The molecule has 0 aliphatic carbocycles. The lowest BCUT2D eigenvalue weighted by molar-refractivity contribution is -0.133. The Hall–Kier alpha value is -1.53. The van der Waals surface area contributed by atoms with Crippen LogP contribution in [0.15, 0.2) is 29.6 Å². The van der Waals surface area contributed by atoms with Crippen LogP contribution in [0.5, 0.6) is 0 Å². The second kappa shape index (κ2) is 5.63. The van der Waals surface area contributed by atoms with E-state index in [1.807, 2.05) is 0 Å². The second-order valence-electron chi connectivity index (χ2n) is 3.77. The van der Waals surface area contributed by atoms with Crippen LogP contribution in [0.3, 0.4) is 0 Å². The van der Waals surface area contributed by atoms with Crippen LogP contribution in [0, 0.1) is 12.7 Å². The van der Waals surface area contributed by atoms with Crippen molar-refractivity contribution in [1.82, 2.24) is 9.55 Å². The van der Waals surface area contributed by atoms with E-state index < -0.39 is 11.8 Å². The smallest absolute Gasteiger partial charge is 0.313 e. The number of carbonyl (C=O) groups is 1. The Labute approximate surface area is 118 Å². The lowest BCUT2D eigenvalue weighted by Gasteiger charge is -2.10. The van der Waals surface area contributed by atoms with Crippen molar-refractivity contribution >= 4 is 29.3 Å². The number of imidazole rings is 1. The molecule has 0 bridgehead atoms. The van der Waals surface area contributed by atoms with Gasteiger partial charge in [-0.05, 0) is 19.1 Å². The van der Waals surface area contributed by atoms with Crippen LogP contribution < -0.4 is 0 Å². The Bertz CT molecular complexity index is 630. The van der Waals surface area contributed by atoms with Gasteiger partial charge in [0.05, 0.1) is 16.5 Å². The van der Waals surface area contributed by atoms with Crippen molar-refractivity contribution in [2.24, 2.45) is 0 Å². The minimum atomic E-state index is -0.955. The molecule has 0 saturated heterocycles. The number of benzene rings is 1. The quantitative estimate of drug-likeness (QED) is 0.881. The Morgan fingerprint density at radius 1 is 1.58 bits per heavy atom. The first-order valence-corrected chi connectivity index (χ1v) is 6.70. The number of rotatable bonds is 4. The molecule has 0 saturated carbocycles. The normalized spacial score (nSPS) is 10.7. The third kappa shape index (κ3) is 2.90. The predicted octanol–water partition coefficient (Wildman–Crippen LogP) is 3.15. The minimum absolute atomic E-state index is 0.0137. The van der Waals surface area contributed by atoms with Crippen molar-refractivity contribution in [3.05, 3.63) is 40.9 Å². The molecular formula is C12H10ClFN2O2S. The predicted molar refractivity (Wildman–Crippen MR) is 71.6 cm³/mol. The number of halogens is 2. The van der Waals surface area contributed by atoms with E-state index in [9.17, 15) is 9.18 Å². The van der Waals surface area contributed by atoms with Crippen molar-refractivity contribution in [3.63, 3.8) is 0 Å². The number of aliphatic carboxylic acids is 1. The summed E-state index contributed by atoms with van der Waals surface area (Å²) in [5.74, 6) is -1.65. The summed E-state index contributed by atoms with van der Waals surface area (Å²) < 4.78 is 15.6. The van der Waals surface area contributed by atoms with Crippen LogP contribution in [0.2, 0.25) is 5.02 Å². The highest BCUT2D eigenvalue weighted by atomic mass is 35.5. The van der Waals surface area contributed by atoms with Gasteiger partial charge in [-0.1, -0.05) is 29.4 Å². The summed E-state index contributed by atoms with van der Waals surface area (Å²) in [6, 6.07) is 4.66. The maximum Gasteiger partial charge on any atom is 0.313 e. The summed E-state index contributed by atoms with van der Waals surface area (Å²) in [5, 5.41) is 9.12. The SMILES string of the molecule is Cc1cnc(SCC(=O)O)n1-c1cccc(Cl)c1F. The van der Waals surface area contributed by atoms with Crippen molar-refractivity contribution in [3.8, 4) is 5.69 Å². The van der Waals surface area contributed by atoms with E-state index in [4.69, 9.17) is 16.7 Å². The molecule has 0 amide bonds. The highest BCUT2D eigenvalue weighted by Crippen LogP contribution is 2.27. The highest BCUT2D eigenvalue weighted by Gasteiger charge is 2.15. The number of thioether (sulfide) groups is 1. The average Bonchev–Trinajstić information content (AvgIpc) is 2.72. The lowest BCUT2D eigenvalue weighted by Crippen LogP contribution is -2.04. The van der Waals surface area contributed by atoms with Gasteiger partial charge in [0.25, 0.3) is 0 Å². The number of hydrogen-bond acceptors (Lipinski definition) is 3. The van der Waals surface area contributed by atoms with Gasteiger partial charge in [-0.3, -0.25) is 9.36 Å². The summed E-state index contributed by atoms with van der Waals surface area (Å²) in [7, 11) is 0. The van der Waals surface area contributed by atoms with Crippen LogP contribution in [0.25, 0.3) is 5.69 Å². The molecule has 0 aliphatic rings. The molecule has 0 aliphatic heterocycles. The van der Waals surface area contributed by atoms with Crippen molar-refractivity contribution in [2.75, 3.05) is 5.75 Å². The molecule has 7 heteroatoms. The summed E-state index contributed by atoms with van der Waals surface area (Å²) in [5.41, 5.74) is 0.962. The topological polar surface area (TPSA) is 55.1 Å². The van der Waals surface area contributed by atoms with Crippen LogP contribution in [0.1, 0.15) is 5.69 Å². The van der Waals surface area contributed by atoms with Gasteiger partial charge in [-0.2, -0.15) is 0 Å². The second-order valence-corrected chi connectivity index (χ2v) is 5.12. The van der Waals surface area contributed by atoms with Crippen LogP contribution in [0.4, 0.5) is 4.39 Å². The largest absolute Gasteiger partial charge is 0.481 e. The maximum atomic E-state index is 14.0. The van der Waals surface area contributed by atoms with Crippen LogP contribution >= 0.6 is 23.4 Å². The summed E-state index contributed by atoms with van der Waals surface area (Å²) in [6.45, 7) is 1.76. The van der Waals surface area contributed by atoms with Crippen LogP contribution in [-0.4, -0.2) is 26.4 Å². The summed E-state index contributed by atoms with van der Waals surface area (Å²) >= 11 is 6.78. The zero-order valence-corrected chi connectivity index (χ0v) is 11.5. The molecular weight excluding hydrogens is 291 g/mol. The Balaban J connectivity index is 2.46.